The average Bonchev–Trinajstić information content (AvgIpc) is 3.09. The Bertz CT molecular complexity index is 843. The molecule has 24 heavy (non-hydrogen) atoms. The largest absolute Gasteiger partial charge is 0.0725 e. The van der Waals surface area contributed by atoms with Gasteiger partial charge in [-0.2, -0.15) is 0 Å². The molecule has 0 spiro atoms. The SMILES string of the molecule is Cc1ccccc1C1CC(c2ccccc2)=CC1c1ccccc1. The van der Waals surface area contributed by atoms with E-state index in [1.165, 1.54) is 27.8 Å². The van der Waals surface area contributed by atoms with Crippen LogP contribution < -0.4 is 0 Å². The van der Waals surface area contributed by atoms with E-state index in [1.54, 1.807) is 0 Å². The maximum absolute atomic E-state index is 2.49. The Kier molecular flexibility index (Phi) is 4.04. The van der Waals surface area contributed by atoms with Gasteiger partial charge < -0.3 is 0 Å². The molecule has 1 aliphatic carbocycles. The molecule has 0 saturated carbocycles. The van der Waals surface area contributed by atoms with Crippen LogP contribution in [-0.4, -0.2) is 0 Å². The minimum atomic E-state index is 0.447. The molecule has 118 valence electrons. The van der Waals surface area contributed by atoms with Gasteiger partial charge in [0.2, 0.25) is 0 Å². The van der Waals surface area contributed by atoms with E-state index in [9.17, 15) is 0 Å². The Hall–Kier alpha value is -2.60. The third-order valence-electron chi connectivity index (χ3n) is 5.17. The zero-order valence-electron chi connectivity index (χ0n) is 14.0. The number of hydrogen-bond donors (Lipinski definition) is 0. The van der Waals surface area contributed by atoms with Crippen molar-refractivity contribution in [1.29, 1.82) is 0 Å². The van der Waals surface area contributed by atoms with E-state index < -0.39 is 0 Å². The molecule has 0 saturated heterocycles. The topological polar surface area (TPSA) is 0 Å². The van der Waals surface area contributed by atoms with Crippen molar-refractivity contribution in [3.05, 3.63) is 113 Å². The molecule has 0 nitrogen and oxygen atoms in total. The summed E-state index contributed by atoms with van der Waals surface area (Å²) < 4.78 is 0. The van der Waals surface area contributed by atoms with Gasteiger partial charge in [-0.25, -0.2) is 0 Å². The van der Waals surface area contributed by atoms with Gasteiger partial charge in [-0.15, -0.1) is 0 Å². The van der Waals surface area contributed by atoms with Crippen molar-refractivity contribution in [3.8, 4) is 0 Å². The van der Waals surface area contributed by atoms with Crippen molar-refractivity contribution in [3.63, 3.8) is 0 Å². The number of aryl methyl sites for hydroxylation is 1. The summed E-state index contributed by atoms with van der Waals surface area (Å²) in [5, 5.41) is 0. The minimum Gasteiger partial charge on any atom is -0.0725 e. The normalized spacial score (nSPS) is 20.0. The van der Waals surface area contributed by atoms with Crippen molar-refractivity contribution in [1.82, 2.24) is 0 Å². The van der Waals surface area contributed by atoms with Crippen LogP contribution in [0.15, 0.2) is 91.0 Å². The second-order valence-corrected chi connectivity index (χ2v) is 6.66. The van der Waals surface area contributed by atoms with E-state index >= 15 is 0 Å². The van der Waals surface area contributed by atoms with Crippen molar-refractivity contribution in [2.24, 2.45) is 0 Å². The van der Waals surface area contributed by atoms with E-state index in [1.807, 2.05) is 0 Å². The molecule has 0 amide bonds. The molecule has 0 heteroatoms. The fourth-order valence-corrected chi connectivity index (χ4v) is 3.94. The van der Waals surface area contributed by atoms with Crippen LogP contribution in [0, 0.1) is 6.92 Å². The molecule has 0 aromatic heterocycles. The Morgan fingerprint density at radius 1 is 0.708 bits per heavy atom. The van der Waals surface area contributed by atoms with Crippen molar-refractivity contribution >= 4 is 5.57 Å². The highest BCUT2D eigenvalue weighted by atomic mass is 14.3. The number of benzene rings is 3. The number of rotatable bonds is 3. The standard InChI is InChI=1S/C24H22/c1-18-10-8-9-15-22(18)24-17-21(19-11-4-2-5-12-19)16-23(24)20-13-6-3-7-14-20/h2-16,23-24H,17H2,1H3. The van der Waals surface area contributed by atoms with E-state index in [-0.39, 0.29) is 0 Å². The minimum absolute atomic E-state index is 0.447. The van der Waals surface area contributed by atoms with E-state index in [0.717, 1.165) is 6.42 Å². The van der Waals surface area contributed by atoms with Crippen molar-refractivity contribution < 1.29 is 0 Å². The van der Waals surface area contributed by atoms with Crippen LogP contribution in [0.4, 0.5) is 0 Å². The average molecular weight is 310 g/mol. The molecule has 3 aromatic carbocycles. The highest BCUT2D eigenvalue weighted by Crippen LogP contribution is 2.48. The maximum atomic E-state index is 2.49. The highest BCUT2D eigenvalue weighted by Gasteiger charge is 2.31. The predicted octanol–water partition coefficient (Wildman–Crippen LogP) is 6.35. The van der Waals surface area contributed by atoms with E-state index in [0.29, 0.717) is 11.8 Å². The van der Waals surface area contributed by atoms with E-state index in [4.69, 9.17) is 0 Å². The van der Waals surface area contributed by atoms with Crippen LogP contribution in [0.1, 0.15) is 40.5 Å². The molecule has 0 radical (unpaired) electrons. The zero-order chi connectivity index (χ0) is 16.4. The monoisotopic (exact) mass is 310 g/mol. The Morgan fingerprint density at radius 2 is 1.33 bits per heavy atom. The lowest BCUT2D eigenvalue weighted by Crippen LogP contribution is -2.06. The lowest BCUT2D eigenvalue weighted by Gasteiger charge is -2.22. The summed E-state index contributed by atoms with van der Waals surface area (Å²) in [6.45, 7) is 2.23. The zero-order valence-corrected chi connectivity index (χ0v) is 14.0. The van der Waals surface area contributed by atoms with Crippen molar-refractivity contribution in [2.75, 3.05) is 0 Å². The third-order valence-corrected chi connectivity index (χ3v) is 5.17. The molecule has 0 fully saturated rings. The predicted molar refractivity (Wildman–Crippen MR) is 102 cm³/mol. The van der Waals surface area contributed by atoms with Crippen LogP contribution in [0.3, 0.4) is 0 Å². The lowest BCUT2D eigenvalue weighted by molar-refractivity contribution is 0.664. The smallest absolute Gasteiger partial charge is 0.00960 e. The van der Waals surface area contributed by atoms with Gasteiger partial charge in [0.1, 0.15) is 0 Å². The summed E-state index contributed by atoms with van der Waals surface area (Å²) in [4.78, 5) is 0. The van der Waals surface area contributed by atoms with Crippen molar-refractivity contribution in [2.45, 2.75) is 25.2 Å². The fraction of sp³-hybridized carbons (Fsp3) is 0.167. The molecule has 3 aromatic rings. The van der Waals surface area contributed by atoms with Gasteiger partial charge in [-0.3, -0.25) is 0 Å². The van der Waals surface area contributed by atoms with Crippen LogP contribution in [0.2, 0.25) is 0 Å². The Labute approximate surface area is 144 Å². The second-order valence-electron chi connectivity index (χ2n) is 6.66. The molecule has 0 aliphatic heterocycles. The Balaban J connectivity index is 1.78. The fourth-order valence-electron chi connectivity index (χ4n) is 3.94. The third kappa shape index (κ3) is 2.80. The first-order valence-electron chi connectivity index (χ1n) is 8.69. The number of allylic oxidation sites excluding steroid dienone is 2. The first-order valence-corrected chi connectivity index (χ1v) is 8.69. The van der Waals surface area contributed by atoms with Gasteiger partial charge in [-0.05, 0) is 47.1 Å². The molecule has 0 heterocycles. The van der Waals surface area contributed by atoms with Gasteiger partial charge in [0, 0.05) is 5.92 Å². The van der Waals surface area contributed by atoms with E-state index in [2.05, 4.69) is 97.9 Å². The summed E-state index contributed by atoms with van der Waals surface area (Å²) in [6, 6.07) is 30.6. The van der Waals surface area contributed by atoms with Crippen LogP contribution in [0.25, 0.3) is 5.57 Å². The summed E-state index contributed by atoms with van der Waals surface area (Å²) >= 11 is 0. The molecule has 1 aliphatic rings. The van der Waals surface area contributed by atoms with Gasteiger partial charge in [0.05, 0.1) is 0 Å². The van der Waals surface area contributed by atoms with Crippen LogP contribution in [0.5, 0.6) is 0 Å². The molecular weight excluding hydrogens is 288 g/mol. The quantitative estimate of drug-likeness (QED) is 0.529. The lowest BCUT2D eigenvalue weighted by atomic mass is 9.82. The second kappa shape index (κ2) is 6.49. The molecule has 0 bridgehead atoms. The molecule has 4 rings (SSSR count). The molecule has 2 atom stereocenters. The molecular formula is C24H22. The van der Waals surface area contributed by atoms with Crippen LogP contribution >= 0.6 is 0 Å². The molecule has 2 unspecified atom stereocenters. The first-order chi connectivity index (χ1) is 11.8. The summed E-state index contributed by atoms with van der Waals surface area (Å²) in [5.74, 6) is 0.964. The Morgan fingerprint density at radius 3 is 2.04 bits per heavy atom. The van der Waals surface area contributed by atoms with Crippen LogP contribution in [-0.2, 0) is 0 Å². The summed E-state index contributed by atoms with van der Waals surface area (Å²) in [5.41, 5.74) is 7.11. The van der Waals surface area contributed by atoms with Gasteiger partial charge in [0.15, 0.2) is 0 Å². The summed E-state index contributed by atoms with van der Waals surface area (Å²) in [7, 11) is 0. The summed E-state index contributed by atoms with van der Waals surface area (Å²) in [6.07, 6.45) is 3.59. The van der Waals surface area contributed by atoms with Gasteiger partial charge in [0.25, 0.3) is 0 Å². The maximum Gasteiger partial charge on any atom is 0.00960 e. The van der Waals surface area contributed by atoms with Gasteiger partial charge in [-0.1, -0.05) is 91.0 Å². The number of hydrogen-bond acceptors (Lipinski definition) is 0. The molecule has 0 N–H and O–H groups in total. The highest BCUT2D eigenvalue weighted by molar-refractivity contribution is 5.71. The first kappa shape index (κ1) is 15.0. The van der Waals surface area contributed by atoms with Gasteiger partial charge >= 0.3 is 0 Å².